The van der Waals surface area contributed by atoms with Crippen LogP contribution in [0, 0.1) is 23.2 Å². The number of hydrogen-bond acceptors (Lipinski definition) is 18. The van der Waals surface area contributed by atoms with Crippen LogP contribution in [0.2, 0.25) is 0 Å². The van der Waals surface area contributed by atoms with Crippen LogP contribution < -0.4 is 0 Å². The molecule has 1 saturated carbocycles. The molecule has 0 radical (unpaired) electrons. The van der Waals surface area contributed by atoms with E-state index in [1.165, 1.54) is 27.2 Å². The fraction of sp³-hybridized carbons (Fsp3) is 0.870. The number of ether oxygens (including phenoxy) is 9. The zero-order valence-electron chi connectivity index (χ0n) is 39.6. The number of rotatable bonds is 11. The summed E-state index contributed by atoms with van der Waals surface area (Å²) in [7, 11) is 6.47. The topological polar surface area (TPSA) is 242 Å². The van der Waals surface area contributed by atoms with Crippen molar-refractivity contribution in [1.82, 2.24) is 4.90 Å². The lowest BCUT2D eigenvalue weighted by Gasteiger charge is -2.50. The van der Waals surface area contributed by atoms with Crippen molar-refractivity contribution in [1.29, 1.82) is 0 Å². The zero-order chi connectivity index (χ0) is 47.6. The Morgan fingerprint density at radius 3 is 2.08 bits per heavy atom. The lowest BCUT2D eigenvalue weighted by Crippen LogP contribution is -2.65. The summed E-state index contributed by atoms with van der Waals surface area (Å²) in [4.78, 5) is 29.7. The van der Waals surface area contributed by atoms with Crippen molar-refractivity contribution in [2.45, 2.75) is 197 Å². The average molecular weight is 916 g/mol. The molecule has 0 aromatic carbocycles. The van der Waals surface area contributed by atoms with Crippen LogP contribution in [-0.4, -0.2) is 192 Å². The number of carbonyl (C=O) groups is 2. The fourth-order valence-corrected chi connectivity index (χ4v) is 10.3. The maximum absolute atomic E-state index is 14.1. The first-order chi connectivity index (χ1) is 30.0. The Bertz CT molecular complexity index is 1610. The number of methoxy groups -OCH3 is 2. The Kier molecular flexibility index (Phi) is 18.2. The molecule has 4 fully saturated rings. The van der Waals surface area contributed by atoms with Gasteiger partial charge in [0.05, 0.1) is 66.7 Å². The van der Waals surface area contributed by atoms with Gasteiger partial charge in [0.2, 0.25) is 0 Å². The highest BCUT2D eigenvalue weighted by Crippen LogP contribution is 2.47. The van der Waals surface area contributed by atoms with E-state index < -0.39 is 145 Å². The molecular weight excluding hydrogens is 838 g/mol. The molecule has 64 heavy (non-hydrogen) atoms. The zero-order valence-corrected chi connectivity index (χ0v) is 39.6. The summed E-state index contributed by atoms with van der Waals surface area (Å²) in [6.45, 7) is 13.7. The van der Waals surface area contributed by atoms with E-state index in [0.29, 0.717) is 12.0 Å². The number of likely N-dealkylation sites (N-methyl/N-ethyl adjacent to an activating group) is 1. The van der Waals surface area contributed by atoms with Gasteiger partial charge in [-0.2, -0.15) is 0 Å². The summed E-state index contributed by atoms with van der Waals surface area (Å²) in [6.07, 6.45) is -9.81. The number of fused-ring (bicyclic) bond motifs is 2. The van der Waals surface area contributed by atoms with Crippen LogP contribution >= 0.6 is 0 Å². The molecule has 0 aromatic heterocycles. The minimum absolute atomic E-state index is 0.0135. The molecule has 0 spiro atoms. The van der Waals surface area contributed by atoms with Crippen LogP contribution in [0.25, 0.3) is 0 Å². The number of ketones is 1. The van der Waals surface area contributed by atoms with Crippen LogP contribution in [-0.2, 0) is 52.2 Å². The molecule has 4 heterocycles. The van der Waals surface area contributed by atoms with Gasteiger partial charge in [0.1, 0.15) is 42.7 Å². The van der Waals surface area contributed by atoms with Crippen LogP contribution in [0.3, 0.4) is 0 Å². The molecule has 5 rings (SSSR count). The second-order valence-electron chi connectivity index (χ2n) is 19.5. The van der Waals surface area contributed by atoms with E-state index >= 15 is 0 Å². The van der Waals surface area contributed by atoms with Gasteiger partial charge in [-0.1, -0.05) is 31.6 Å². The number of aliphatic hydroxyl groups is 6. The molecule has 18 heteroatoms. The lowest BCUT2D eigenvalue weighted by atomic mass is 9.79. The van der Waals surface area contributed by atoms with Gasteiger partial charge in [-0.15, -0.1) is 0 Å². The van der Waals surface area contributed by atoms with Crippen LogP contribution in [0.4, 0.5) is 0 Å². The third-order valence-electron chi connectivity index (χ3n) is 14.4. The molecule has 0 unspecified atom stereocenters. The second-order valence-corrected chi connectivity index (χ2v) is 19.5. The summed E-state index contributed by atoms with van der Waals surface area (Å²) >= 11 is 0. The Hall–Kier alpha value is -1.98. The molecule has 0 aromatic rings. The molecule has 5 aliphatic rings. The van der Waals surface area contributed by atoms with Crippen molar-refractivity contribution >= 4 is 11.8 Å². The molecule has 4 aliphatic heterocycles. The third-order valence-corrected chi connectivity index (χ3v) is 14.4. The van der Waals surface area contributed by atoms with Gasteiger partial charge in [-0.25, -0.2) is 0 Å². The number of nitrogens with zero attached hydrogens (tertiary/aromatic N) is 1. The standard InChI is InChI=1S/C46H77NO17/c1-13-30-28(21-58-44-41(57-12)40(56-11)36(52)24(4)60-44)16-22(2)14-15-31(49)45(7)19-27(17-32(45)50)38(23(3)29(48)18-33(51)62-30)64-43-37(53)35(47(9)10)39(25(5)61-43)63-34-20-46(8,55)42(54)26(6)59-34/h14-16,23-30,32,34-44,48,50,52-55H,13,17-21H2,1-12H3/b15-14-,22-16-/t23-,24+,25+,26-,27-,28+,29+,30+,32+,34-,35+,36+,37+,38+,39+,40+,41+,42-,43-,44+,45-,46+/m0/s1. The predicted molar refractivity (Wildman–Crippen MR) is 229 cm³/mol. The van der Waals surface area contributed by atoms with E-state index in [9.17, 15) is 40.2 Å². The average Bonchev–Trinajstić information content (AvgIpc) is 3.54. The molecule has 22 atom stereocenters. The molecule has 18 nitrogen and oxygen atoms in total. The maximum atomic E-state index is 14.1. The highest BCUT2D eigenvalue weighted by atomic mass is 16.7. The number of esters is 1. The third kappa shape index (κ3) is 11.6. The van der Waals surface area contributed by atoms with Crippen LogP contribution in [0.15, 0.2) is 23.8 Å². The van der Waals surface area contributed by atoms with Crippen molar-refractivity contribution in [3.63, 3.8) is 0 Å². The Balaban J connectivity index is 1.40. The summed E-state index contributed by atoms with van der Waals surface area (Å²) in [5.41, 5.74) is -2.05. The van der Waals surface area contributed by atoms with E-state index in [-0.39, 0.29) is 31.7 Å². The van der Waals surface area contributed by atoms with Crippen molar-refractivity contribution < 1.29 is 82.9 Å². The van der Waals surface area contributed by atoms with Gasteiger partial charge in [0.25, 0.3) is 0 Å². The molecule has 0 amide bonds. The smallest absolute Gasteiger partial charge is 0.308 e. The molecule has 6 N–H and O–H groups in total. The molecule has 2 bridgehead atoms. The minimum Gasteiger partial charge on any atom is -0.462 e. The first-order valence-electron chi connectivity index (χ1n) is 22.8. The molecule has 1 aliphatic carbocycles. The summed E-state index contributed by atoms with van der Waals surface area (Å²) in [5.74, 6) is -2.85. The minimum atomic E-state index is -1.48. The Morgan fingerprint density at radius 1 is 0.812 bits per heavy atom. The van der Waals surface area contributed by atoms with Crippen molar-refractivity contribution in [2.75, 3.05) is 34.9 Å². The molecule has 368 valence electrons. The molecule has 3 saturated heterocycles. The highest BCUT2D eigenvalue weighted by Gasteiger charge is 2.55. The van der Waals surface area contributed by atoms with Crippen molar-refractivity contribution in [3.05, 3.63) is 23.8 Å². The monoisotopic (exact) mass is 916 g/mol. The second kappa shape index (κ2) is 22.0. The number of aliphatic hydroxyl groups excluding tert-OH is 5. The normalized spacial score (nSPS) is 49.0. The van der Waals surface area contributed by atoms with Gasteiger partial charge < -0.3 is 78.2 Å². The van der Waals surface area contributed by atoms with Gasteiger partial charge in [0.15, 0.2) is 24.7 Å². The SMILES string of the molecule is CC[C@H]1OC(=O)C[C@@H](O)[C@H](C)[C@@H](O[C@@H]2O[C@H](C)[C@@H](O[C@H]3C[C@@](C)(O)[C@@H](O)[C@H](C)O3)[C@H](N(C)C)[C@H]2O)[C@H]2C[C@@H](O)[C@@](C)(C2)C(=O)/C=C\C(C)=C/[C@@H]1CO[C@@H]1O[C@H](C)[C@@H](O)[C@@H](OC)[C@H]1OC. The van der Waals surface area contributed by atoms with E-state index in [0.717, 1.165) is 0 Å². The van der Waals surface area contributed by atoms with Crippen molar-refractivity contribution in [3.8, 4) is 0 Å². The lowest BCUT2D eigenvalue weighted by molar-refractivity contribution is -0.341. The van der Waals surface area contributed by atoms with E-state index in [1.807, 2.05) is 13.0 Å². The number of cyclic esters (lactones) is 1. The van der Waals surface area contributed by atoms with Crippen LogP contribution in [0.5, 0.6) is 0 Å². The maximum Gasteiger partial charge on any atom is 0.308 e. The Labute approximate surface area is 378 Å². The molecular formula is C46H77NO17. The van der Waals surface area contributed by atoms with Crippen molar-refractivity contribution in [2.24, 2.45) is 23.2 Å². The largest absolute Gasteiger partial charge is 0.462 e. The highest BCUT2D eigenvalue weighted by molar-refractivity contribution is 5.95. The Morgan fingerprint density at radius 2 is 1.47 bits per heavy atom. The first kappa shape index (κ1) is 53.0. The van der Waals surface area contributed by atoms with Gasteiger partial charge in [-0.3, -0.25) is 9.59 Å². The van der Waals surface area contributed by atoms with Gasteiger partial charge in [0, 0.05) is 32.5 Å². The number of hydrogen-bond donors (Lipinski definition) is 6. The van der Waals surface area contributed by atoms with Crippen LogP contribution in [0.1, 0.15) is 87.5 Å². The number of carbonyl (C=O) groups excluding carboxylic acids is 2. The summed E-state index contributed by atoms with van der Waals surface area (Å²) < 4.78 is 54.8. The van der Waals surface area contributed by atoms with Gasteiger partial charge >= 0.3 is 5.97 Å². The quantitative estimate of drug-likeness (QED) is 0.161. The van der Waals surface area contributed by atoms with Gasteiger partial charge in [-0.05, 0) is 86.9 Å². The predicted octanol–water partition coefficient (Wildman–Crippen LogP) is 1.38. The first-order valence-corrected chi connectivity index (χ1v) is 22.8. The summed E-state index contributed by atoms with van der Waals surface area (Å²) in [6, 6.07) is -0.724. The summed E-state index contributed by atoms with van der Waals surface area (Å²) in [5, 5.41) is 67.5. The fourth-order valence-electron chi connectivity index (χ4n) is 10.3. The van der Waals surface area contributed by atoms with E-state index in [1.54, 1.807) is 66.6 Å². The van der Waals surface area contributed by atoms with E-state index in [4.69, 9.17) is 42.6 Å². The number of allylic oxidation sites excluding steroid dienone is 3. The van der Waals surface area contributed by atoms with E-state index in [2.05, 4.69) is 0 Å².